The molecule has 1 unspecified atom stereocenters. The van der Waals surface area contributed by atoms with Crippen molar-refractivity contribution in [2.75, 3.05) is 24.9 Å². The van der Waals surface area contributed by atoms with Crippen LogP contribution in [-0.4, -0.2) is 45.5 Å². The van der Waals surface area contributed by atoms with Crippen LogP contribution in [0.15, 0.2) is 53.4 Å². The van der Waals surface area contributed by atoms with Crippen LogP contribution in [0.3, 0.4) is 0 Å². The van der Waals surface area contributed by atoms with Crippen LogP contribution >= 0.6 is 0 Å². The Kier molecular flexibility index (Phi) is 5.67. The third-order valence-corrected chi connectivity index (χ3v) is 5.85. The molecule has 1 amide bonds. The van der Waals surface area contributed by atoms with Gasteiger partial charge in [0.25, 0.3) is 15.9 Å². The molecule has 3 rings (SSSR count). The molecular formula is C19H23N3O4S. The van der Waals surface area contributed by atoms with Gasteiger partial charge in [0.1, 0.15) is 5.75 Å². The van der Waals surface area contributed by atoms with Crippen molar-refractivity contribution in [3.05, 3.63) is 54.1 Å². The van der Waals surface area contributed by atoms with E-state index >= 15 is 0 Å². The molecule has 0 radical (unpaired) electrons. The van der Waals surface area contributed by atoms with Crippen molar-refractivity contribution in [2.45, 2.75) is 23.8 Å². The number of methoxy groups -OCH3 is 1. The molecule has 7 nitrogen and oxygen atoms in total. The number of piperidine rings is 1. The summed E-state index contributed by atoms with van der Waals surface area (Å²) in [4.78, 5) is 14.4. The molecule has 2 aromatic rings. The zero-order chi connectivity index (χ0) is 19.4. The highest BCUT2D eigenvalue weighted by Crippen LogP contribution is 2.26. The van der Waals surface area contributed by atoms with Gasteiger partial charge in [0.15, 0.2) is 0 Å². The van der Waals surface area contributed by atoms with Crippen molar-refractivity contribution in [1.29, 1.82) is 0 Å². The molecule has 0 aliphatic carbocycles. The summed E-state index contributed by atoms with van der Waals surface area (Å²) in [6, 6.07) is 12.7. The van der Waals surface area contributed by atoms with Crippen LogP contribution in [0.4, 0.5) is 5.69 Å². The number of hydrogen-bond acceptors (Lipinski definition) is 5. The smallest absolute Gasteiger partial charge is 0.262 e. The van der Waals surface area contributed by atoms with Gasteiger partial charge < -0.3 is 15.4 Å². The number of rotatable bonds is 5. The highest BCUT2D eigenvalue weighted by molar-refractivity contribution is 7.92. The lowest BCUT2D eigenvalue weighted by Crippen LogP contribution is -2.45. The average molecular weight is 389 g/mol. The van der Waals surface area contributed by atoms with E-state index in [2.05, 4.69) is 4.72 Å². The normalized spacial score (nSPS) is 17.4. The first kappa shape index (κ1) is 19.2. The molecule has 1 fully saturated rings. The maximum absolute atomic E-state index is 12.8. The van der Waals surface area contributed by atoms with Gasteiger partial charge in [-0.25, -0.2) is 8.42 Å². The number of likely N-dealkylation sites (tertiary alicyclic amines) is 1. The molecule has 0 aromatic heterocycles. The van der Waals surface area contributed by atoms with Crippen LogP contribution < -0.4 is 15.2 Å². The van der Waals surface area contributed by atoms with Gasteiger partial charge in [-0.15, -0.1) is 0 Å². The molecule has 27 heavy (non-hydrogen) atoms. The standard InChI is InChI=1S/C19H23N3O4S/c1-26-18-10-3-2-9-17(18)21-27(24,25)16-8-4-6-14(12-16)19(23)22-11-5-7-15(20)13-22/h2-4,6,8-10,12,15,21H,5,7,11,13,20H2,1H3. The number of amides is 1. The lowest BCUT2D eigenvalue weighted by molar-refractivity contribution is 0.0708. The number of carbonyl (C=O) groups excluding carboxylic acids is 1. The maximum atomic E-state index is 12.8. The van der Waals surface area contributed by atoms with Crippen molar-refractivity contribution in [1.82, 2.24) is 4.90 Å². The zero-order valence-electron chi connectivity index (χ0n) is 15.1. The Morgan fingerprint density at radius 1 is 1.22 bits per heavy atom. The van der Waals surface area contributed by atoms with E-state index in [1.54, 1.807) is 41.3 Å². The van der Waals surface area contributed by atoms with E-state index in [-0.39, 0.29) is 16.8 Å². The minimum absolute atomic E-state index is 0.0144. The van der Waals surface area contributed by atoms with Crippen molar-refractivity contribution < 1.29 is 17.9 Å². The van der Waals surface area contributed by atoms with Crippen LogP contribution in [0, 0.1) is 0 Å². The highest BCUT2D eigenvalue weighted by Gasteiger charge is 2.24. The van der Waals surface area contributed by atoms with Gasteiger partial charge in [-0.2, -0.15) is 0 Å². The molecule has 144 valence electrons. The number of ether oxygens (including phenoxy) is 1. The molecule has 1 heterocycles. The number of nitrogens with zero attached hydrogens (tertiary/aromatic N) is 1. The lowest BCUT2D eigenvalue weighted by Gasteiger charge is -2.30. The van der Waals surface area contributed by atoms with Crippen LogP contribution in [0.25, 0.3) is 0 Å². The second-order valence-corrected chi connectivity index (χ2v) is 8.17. The van der Waals surface area contributed by atoms with Gasteiger partial charge in [0, 0.05) is 24.7 Å². The predicted molar refractivity (Wildman–Crippen MR) is 103 cm³/mol. The van der Waals surface area contributed by atoms with Gasteiger partial charge in [-0.3, -0.25) is 9.52 Å². The Balaban J connectivity index is 1.84. The Bertz CT molecular complexity index is 930. The summed E-state index contributed by atoms with van der Waals surface area (Å²) in [6.45, 7) is 1.11. The maximum Gasteiger partial charge on any atom is 0.262 e. The Morgan fingerprint density at radius 3 is 2.74 bits per heavy atom. The van der Waals surface area contributed by atoms with E-state index in [1.807, 2.05) is 0 Å². The minimum Gasteiger partial charge on any atom is -0.495 e. The second kappa shape index (κ2) is 7.98. The fourth-order valence-electron chi connectivity index (χ4n) is 3.11. The topological polar surface area (TPSA) is 102 Å². The van der Waals surface area contributed by atoms with E-state index in [4.69, 9.17) is 10.5 Å². The number of para-hydroxylation sites is 2. The second-order valence-electron chi connectivity index (χ2n) is 6.49. The first-order valence-electron chi connectivity index (χ1n) is 8.71. The molecule has 0 spiro atoms. The van der Waals surface area contributed by atoms with E-state index in [9.17, 15) is 13.2 Å². The number of sulfonamides is 1. The van der Waals surface area contributed by atoms with Crippen LogP contribution in [-0.2, 0) is 10.0 Å². The molecule has 1 atom stereocenters. The summed E-state index contributed by atoms with van der Waals surface area (Å²) in [5, 5.41) is 0. The van der Waals surface area contributed by atoms with E-state index in [1.165, 1.54) is 19.2 Å². The first-order valence-corrected chi connectivity index (χ1v) is 10.2. The molecular weight excluding hydrogens is 366 g/mol. The van der Waals surface area contributed by atoms with Crippen LogP contribution in [0.5, 0.6) is 5.75 Å². The molecule has 1 aliphatic heterocycles. The average Bonchev–Trinajstić information content (AvgIpc) is 2.67. The fraction of sp³-hybridized carbons (Fsp3) is 0.316. The summed E-state index contributed by atoms with van der Waals surface area (Å²) in [5.74, 6) is 0.204. The van der Waals surface area contributed by atoms with Crippen LogP contribution in [0.1, 0.15) is 23.2 Å². The zero-order valence-corrected chi connectivity index (χ0v) is 15.9. The Morgan fingerprint density at radius 2 is 2.00 bits per heavy atom. The molecule has 2 aromatic carbocycles. The van der Waals surface area contributed by atoms with Crippen molar-refractivity contribution >= 4 is 21.6 Å². The third-order valence-electron chi connectivity index (χ3n) is 4.49. The van der Waals surface area contributed by atoms with Crippen molar-refractivity contribution in [3.63, 3.8) is 0 Å². The molecule has 3 N–H and O–H groups in total. The van der Waals surface area contributed by atoms with Gasteiger partial charge >= 0.3 is 0 Å². The van der Waals surface area contributed by atoms with E-state index < -0.39 is 10.0 Å². The molecule has 0 saturated carbocycles. The largest absolute Gasteiger partial charge is 0.495 e. The van der Waals surface area contributed by atoms with Gasteiger partial charge in [0.2, 0.25) is 0 Å². The summed E-state index contributed by atoms with van der Waals surface area (Å²) < 4.78 is 33.2. The summed E-state index contributed by atoms with van der Waals surface area (Å²) in [7, 11) is -2.40. The first-order chi connectivity index (χ1) is 12.9. The molecule has 1 saturated heterocycles. The van der Waals surface area contributed by atoms with Gasteiger partial charge in [-0.05, 0) is 43.2 Å². The monoisotopic (exact) mass is 389 g/mol. The number of anilines is 1. The third kappa shape index (κ3) is 4.40. The van der Waals surface area contributed by atoms with Crippen LogP contribution in [0.2, 0.25) is 0 Å². The Hall–Kier alpha value is -2.58. The summed E-state index contributed by atoms with van der Waals surface area (Å²) in [5.41, 5.74) is 6.60. The number of nitrogens with two attached hydrogens (primary N) is 1. The summed E-state index contributed by atoms with van der Waals surface area (Å²) >= 11 is 0. The Labute approximate surface area is 159 Å². The van der Waals surface area contributed by atoms with E-state index in [0.717, 1.165) is 12.8 Å². The lowest BCUT2D eigenvalue weighted by atomic mass is 10.1. The number of nitrogens with one attached hydrogen (secondary N) is 1. The molecule has 0 bridgehead atoms. The van der Waals surface area contributed by atoms with Crippen molar-refractivity contribution in [3.8, 4) is 5.75 Å². The predicted octanol–water partition coefficient (Wildman–Crippen LogP) is 2.06. The van der Waals surface area contributed by atoms with Crippen molar-refractivity contribution in [2.24, 2.45) is 5.73 Å². The SMILES string of the molecule is COc1ccccc1NS(=O)(=O)c1cccc(C(=O)N2CCCC(N)C2)c1. The molecule has 8 heteroatoms. The van der Waals surface area contributed by atoms with Gasteiger partial charge in [0.05, 0.1) is 17.7 Å². The number of carbonyl (C=O) groups is 1. The highest BCUT2D eigenvalue weighted by atomic mass is 32.2. The minimum atomic E-state index is -3.87. The quantitative estimate of drug-likeness (QED) is 0.815. The van der Waals surface area contributed by atoms with Gasteiger partial charge in [-0.1, -0.05) is 18.2 Å². The number of hydrogen-bond donors (Lipinski definition) is 2. The fourth-order valence-corrected chi connectivity index (χ4v) is 4.22. The summed E-state index contributed by atoms with van der Waals surface area (Å²) in [6.07, 6.45) is 1.74. The molecule has 1 aliphatic rings. The number of benzene rings is 2. The van der Waals surface area contributed by atoms with E-state index in [0.29, 0.717) is 30.1 Å².